The van der Waals surface area contributed by atoms with Crippen LogP contribution in [0.3, 0.4) is 0 Å². The Hall–Kier alpha value is -1.71. The number of hydrogen-bond donors (Lipinski definition) is 2. The molecule has 0 spiro atoms. The molecular weight excluding hydrogens is 252 g/mol. The smallest absolute Gasteiger partial charge is 0.253 e. The molecule has 4 heteroatoms. The largest absolute Gasteiger partial charge is 0.497 e. The van der Waals surface area contributed by atoms with Gasteiger partial charge in [0.1, 0.15) is 5.75 Å². The number of nitrogen functional groups attached to an aromatic ring is 1. The van der Waals surface area contributed by atoms with Crippen LogP contribution in [-0.4, -0.2) is 19.6 Å². The van der Waals surface area contributed by atoms with E-state index in [0.29, 0.717) is 22.9 Å². The lowest BCUT2D eigenvalue weighted by Gasteiger charge is -2.22. The normalized spacial score (nSPS) is 27.6. The summed E-state index contributed by atoms with van der Waals surface area (Å²) in [5.41, 5.74) is 6.88. The molecule has 1 amide bonds. The van der Waals surface area contributed by atoms with Gasteiger partial charge in [-0.1, -0.05) is 6.42 Å². The van der Waals surface area contributed by atoms with Crippen molar-refractivity contribution in [3.05, 3.63) is 23.8 Å². The summed E-state index contributed by atoms with van der Waals surface area (Å²) in [6.45, 7) is 0.774. The van der Waals surface area contributed by atoms with Crippen molar-refractivity contribution in [2.24, 2.45) is 17.8 Å². The van der Waals surface area contributed by atoms with E-state index in [1.54, 1.807) is 25.3 Å². The zero-order valence-electron chi connectivity index (χ0n) is 11.9. The maximum atomic E-state index is 12.2. The molecule has 2 bridgehead atoms. The minimum Gasteiger partial charge on any atom is -0.497 e. The highest BCUT2D eigenvalue weighted by molar-refractivity contribution is 5.99. The van der Waals surface area contributed by atoms with Crippen LogP contribution in [0, 0.1) is 17.8 Å². The van der Waals surface area contributed by atoms with Crippen molar-refractivity contribution in [1.29, 1.82) is 0 Å². The van der Waals surface area contributed by atoms with Gasteiger partial charge in [-0.2, -0.15) is 0 Å². The van der Waals surface area contributed by atoms with E-state index in [1.807, 2.05) is 0 Å². The Bertz CT molecular complexity index is 515. The molecule has 3 rings (SSSR count). The first-order chi connectivity index (χ1) is 9.67. The van der Waals surface area contributed by atoms with Gasteiger partial charge < -0.3 is 15.8 Å². The predicted octanol–water partition coefficient (Wildman–Crippen LogP) is 2.44. The molecule has 1 aromatic rings. The molecule has 3 atom stereocenters. The summed E-state index contributed by atoms with van der Waals surface area (Å²) in [5.74, 6) is 2.95. The minimum absolute atomic E-state index is 0.0934. The molecule has 0 radical (unpaired) electrons. The maximum Gasteiger partial charge on any atom is 0.253 e. The number of fused-ring (bicyclic) bond motifs is 2. The fourth-order valence-electron chi connectivity index (χ4n) is 3.80. The fourth-order valence-corrected chi connectivity index (χ4v) is 3.80. The highest BCUT2D eigenvalue weighted by atomic mass is 16.5. The number of rotatable bonds is 4. The van der Waals surface area contributed by atoms with Crippen LogP contribution in [0.1, 0.15) is 36.0 Å². The van der Waals surface area contributed by atoms with Gasteiger partial charge in [0.15, 0.2) is 0 Å². The summed E-state index contributed by atoms with van der Waals surface area (Å²) in [4.78, 5) is 12.2. The molecule has 20 heavy (non-hydrogen) atoms. The number of methoxy groups -OCH3 is 1. The number of carbonyl (C=O) groups excluding carboxylic acids is 1. The van der Waals surface area contributed by atoms with E-state index in [4.69, 9.17) is 10.5 Å². The van der Waals surface area contributed by atoms with Crippen LogP contribution in [0.15, 0.2) is 18.2 Å². The number of hydrogen-bond acceptors (Lipinski definition) is 3. The molecule has 3 unspecified atom stereocenters. The molecular formula is C16H22N2O2. The molecule has 0 heterocycles. The lowest BCUT2D eigenvalue weighted by atomic mass is 9.89. The highest BCUT2D eigenvalue weighted by Gasteiger charge is 2.39. The van der Waals surface area contributed by atoms with Crippen LogP contribution in [0.2, 0.25) is 0 Å². The lowest BCUT2D eigenvalue weighted by Crippen LogP contribution is -2.32. The van der Waals surface area contributed by atoms with Crippen molar-refractivity contribution in [1.82, 2.24) is 5.32 Å². The highest BCUT2D eigenvalue weighted by Crippen LogP contribution is 2.47. The molecule has 2 saturated carbocycles. The first-order valence-corrected chi connectivity index (χ1v) is 7.39. The van der Waals surface area contributed by atoms with E-state index in [-0.39, 0.29) is 5.91 Å². The first kappa shape index (κ1) is 13.3. The molecule has 0 aliphatic heterocycles. The number of nitrogens with two attached hydrogens (primary N) is 1. The quantitative estimate of drug-likeness (QED) is 0.829. The Labute approximate surface area is 119 Å². The second-order valence-corrected chi connectivity index (χ2v) is 6.10. The van der Waals surface area contributed by atoms with Crippen molar-refractivity contribution in [3.8, 4) is 5.75 Å². The molecule has 0 saturated heterocycles. The van der Waals surface area contributed by atoms with Crippen molar-refractivity contribution >= 4 is 11.6 Å². The zero-order valence-corrected chi connectivity index (χ0v) is 11.9. The van der Waals surface area contributed by atoms with Crippen LogP contribution in [0.4, 0.5) is 5.69 Å². The number of ether oxygens (including phenoxy) is 1. The van der Waals surface area contributed by atoms with Gasteiger partial charge in [0.2, 0.25) is 0 Å². The van der Waals surface area contributed by atoms with Crippen LogP contribution in [0.5, 0.6) is 5.75 Å². The number of nitrogens with one attached hydrogen (secondary N) is 1. The molecule has 2 fully saturated rings. The first-order valence-electron chi connectivity index (χ1n) is 7.39. The monoisotopic (exact) mass is 274 g/mol. The van der Waals surface area contributed by atoms with Gasteiger partial charge in [-0.3, -0.25) is 4.79 Å². The van der Waals surface area contributed by atoms with E-state index in [9.17, 15) is 4.79 Å². The van der Waals surface area contributed by atoms with E-state index in [2.05, 4.69) is 5.32 Å². The van der Waals surface area contributed by atoms with Crippen LogP contribution in [0.25, 0.3) is 0 Å². The minimum atomic E-state index is -0.0934. The number of benzene rings is 1. The van der Waals surface area contributed by atoms with E-state index in [0.717, 1.165) is 18.4 Å². The molecule has 4 nitrogen and oxygen atoms in total. The lowest BCUT2D eigenvalue weighted by molar-refractivity contribution is 0.0942. The number of amides is 1. The average Bonchev–Trinajstić information content (AvgIpc) is 3.07. The summed E-state index contributed by atoms with van der Waals surface area (Å²) in [6.07, 6.45) is 5.37. The van der Waals surface area contributed by atoms with Gasteiger partial charge in [-0.25, -0.2) is 0 Å². The fraction of sp³-hybridized carbons (Fsp3) is 0.562. The van der Waals surface area contributed by atoms with Crippen molar-refractivity contribution in [3.63, 3.8) is 0 Å². The second-order valence-electron chi connectivity index (χ2n) is 6.10. The molecule has 0 aromatic heterocycles. The Morgan fingerprint density at radius 2 is 2.25 bits per heavy atom. The Morgan fingerprint density at radius 1 is 1.40 bits per heavy atom. The zero-order chi connectivity index (χ0) is 14.1. The SMILES string of the molecule is COc1ccc(N)c(C(=O)NCC2CC3CCC2C3)c1. The molecule has 2 aliphatic carbocycles. The van der Waals surface area contributed by atoms with E-state index in [1.165, 1.54) is 25.7 Å². The molecule has 2 aliphatic rings. The van der Waals surface area contributed by atoms with Crippen molar-refractivity contribution < 1.29 is 9.53 Å². The predicted molar refractivity (Wildman–Crippen MR) is 78.7 cm³/mol. The Morgan fingerprint density at radius 3 is 2.90 bits per heavy atom. The Kier molecular flexibility index (Phi) is 3.55. The van der Waals surface area contributed by atoms with E-state index < -0.39 is 0 Å². The molecule has 108 valence electrons. The van der Waals surface area contributed by atoms with Gasteiger partial charge >= 0.3 is 0 Å². The summed E-state index contributed by atoms with van der Waals surface area (Å²) in [6, 6.07) is 5.18. The van der Waals surface area contributed by atoms with Crippen LogP contribution in [-0.2, 0) is 0 Å². The standard InChI is InChI=1S/C16H22N2O2/c1-20-13-4-5-15(17)14(8-13)16(19)18-9-12-7-10-2-3-11(12)6-10/h4-5,8,10-12H,2-3,6-7,9,17H2,1H3,(H,18,19). The average molecular weight is 274 g/mol. The Balaban J connectivity index is 1.61. The third-order valence-electron chi connectivity index (χ3n) is 4.91. The van der Waals surface area contributed by atoms with Gasteiger partial charge in [0.05, 0.1) is 12.7 Å². The van der Waals surface area contributed by atoms with Gasteiger partial charge in [0, 0.05) is 12.2 Å². The summed E-state index contributed by atoms with van der Waals surface area (Å²) in [5, 5.41) is 3.04. The van der Waals surface area contributed by atoms with Crippen LogP contribution >= 0.6 is 0 Å². The van der Waals surface area contributed by atoms with Gasteiger partial charge in [-0.05, 0) is 55.2 Å². The van der Waals surface area contributed by atoms with Gasteiger partial charge in [0.25, 0.3) is 5.91 Å². The third-order valence-corrected chi connectivity index (χ3v) is 4.91. The van der Waals surface area contributed by atoms with Crippen LogP contribution < -0.4 is 15.8 Å². The summed E-state index contributed by atoms with van der Waals surface area (Å²) < 4.78 is 5.14. The third kappa shape index (κ3) is 2.47. The van der Waals surface area contributed by atoms with Gasteiger partial charge in [-0.15, -0.1) is 0 Å². The summed E-state index contributed by atoms with van der Waals surface area (Å²) >= 11 is 0. The maximum absolute atomic E-state index is 12.2. The second kappa shape index (κ2) is 5.35. The summed E-state index contributed by atoms with van der Waals surface area (Å²) in [7, 11) is 1.59. The topological polar surface area (TPSA) is 64.3 Å². The molecule has 3 N–H and O–H groups in total. The van der Waals surface area contributed by atoms with E-state index >= 15 is 0 Å². The van der Waals surface area contributed by atoms with Crippen molar-refractivity contribution in [2.75, 3.05) is 19.4 Å². The number of anilines is 1. The molecule has 1 aromatic carbocycles. The number of carbonyl (C=O) groups is 1. The van der Waals surface area contributed by atoms with Crippen molar-refractivity contribution in [2.45, 2.75) is 25.7 Å².